The van der Waals surface area contributed by atoms with E-state index in [2.05, 4.69) is 0 Å². The second kappa shape index (κ2) is 5.76. The predicted octanol–water partition coefficient (Wildman–Crippen LogP) is 3.81. The van der Waals surface area contributed by atoms with Crippen molar-refractivity contribution < 1.29 is 19.1 Å². The summed E-state index contributed by atoms with van der Waals surface area (Å²) in [7, 11) is 2.87. The van der Waals surface area contributed by atoms with Crippen LogP contribution in [0.1, 0.15) is 20.7 Å². The summed E-state index contributed by atoms with van der Waals surface area (Å²) in [5.41, 5.74) is 0.758. The molecule has 0 radical (unpaired) electrons. The minimum Gasteiger partial charge on any atom is -0.493 e. The van der Waals surface area contributed by atoms with Gasteiger partial charge in [0, 0.05) is 0 Å². The fourth-order valence-corrected chi connectivity index (χ4v) is 2.79. The number of halogens is 2. The molecule has 2 aromatic carbocycles. The van der Waals surface area contributed by atoms with E-state index in [9.17, 15) is 9.59 Å². The average Bonchev–Trinajstić information content (AvgIpc) is 2.80. The van der Waals surface area contributed by atoms with Crippen LogP contribution in [0.4, 0.5) is 5.69 Å². The lowest BCUT2D eigenvalue weighted by Gasteiger charge is -2.14. The van der Waals surface area contributed by atoms with Gasteiger partial charge in [-0.05, 0) is 30.3 Å². The first-order valence-electron chi connectivity index (χ1n) is 6.58. The van der Waals surface area contributed by atoms with Gasteiger partial charge in [-0.3, -0.25) is 9.59 Å². The lowest BCUT2D eigenvalue weighted by Crippen LogP contribution is -2.29. The van der Waals surface area contributed by atoms with E-state index in [0.29, 0.717) is 16.5 Å². The molecule has 0 N–H and O–H groups in total. The van der Waals surface area contributed by atoms with Crippen molar-refractivity contribution in [3.63, 3.8) is 0 Å². The minimum atomic E-state index is -0.501. The lowest BCUT2D eigenvalue weighted by molar-refractivity contribution is 0.0925. The molecule has 0 saturated carbocycles. The Bertz CT molecular complexity index is 835. The number of benzene rings is 2. The number of anilines is 1. The van der Waals surface area contributed by atoms with Crippen LogP contribution in [-0.4, -0.2) is 26.0 Å². The first-order valence-corrected chi connectivity index (χ1v) is 7.34. The van der Waals surface area contributed by atoms with E-state index in [0.717, 1.165) is 4.90 Å². The standard InChI is InChI=1S/C16H11Cl2NO4/c1-22-12-6-4-9-13(14(12)23-2)16(21)19(15(9)20)8-3-5-10(17)11(18)7-8/h3-7H,1-2H3. The number of rotatable bonds is 3. The second-order valence-electron chi connectivity index (χ2n) is 4.77. The zero-order chi connectivity index (χ0) is 16.7. The smallest absolute Gasteiger partial charge is 0.270 e. The number of ether oxygens (including phenoxy) is 2. The van der Waals surface area contributed by atoms with Gasteiger partial charge < -0.3 is 9.47 Å². The average molecular weight is 352 g/mol. The largest absolute Gasteiger partial charge is 0.493 e. The van der Waals surface area contributed by atoms with Crippen LogP contribution in [0.25, 0.3) is 0 Å². The highest BCUT2D eigenvalue weighted by molar-refractivity contribution is 6.42. The number of amides is 2. The highest BCUT2D eigenvalue weighted by atomic mass is 35.5. The maximum absolute atomic E-state index is 12.7. The fourth-order valence-electron chi connectivity index (χ4n) is 2.50. The van der Waals surface area contributed by atoms with Crippen molar-refractivity contribution in [2.45, 2.75) is 0 Å². The third kappa shape index (κ3) is 2.33. The zero-order valence-electron chi connectivity index (χ0n) is 12.2. The Labute approximate surface area is 142 Å². The molecule has 0 spiro atoms. The van der Waals surface area contributed by atoms with Gasteiger partial charge in [0.15, 0.2) is 11.5 Å². The molecule has 5 nitrogen and oxygen atoms in total. The van der Waals surface area contributed by atoms with Gasteiger partial charge in [-0.25, -0.2) is 4.90 Å². The Morgan fingerprint density at radius 2 is 1.65 bits per heavy atom. The Kier molecular flexibility index (Phi) is 3.92. The normalized spacial score (nSPS) is 13.3. The third-order valence-electron chi connectivity index (χ3n) is 3.56. The van der Waals surface area contributed by atoms with Crippen molar-refractivity contribution in [3.8, 4) is 11.5 Å². The number of imide groups is 1. The van der Waals surface area contributed by atoms with Crippen LogP contribution in [0.2, 0.25) is 10.0 Å². The molecule has 7 heteroatoms. The molecule has 0 aromatic heterocycles. The van der Waals surface area contributed by atoms with Gasteiger partial charge in [0.25, 0.3) is 11.8 Å². The van der Waals surface area contributed by atoms with Crippen LogP contribution in [0.5, 0.6) is 11.5 Å². The summed E-state index contributed by atoms with van der Waals surface area (Å²) in [6, 6.07) is 7.67. The Morgan fingerprint density at radius 3 is 2.26 bits per heavy atom. The number of hydrogen-bond donors (Lipinski definition) is 0. The van der Waals surface area contributed by atoms with Crippen molar-refractivity contribution in [3.05, 3.63) is 51.5 Å². The fraction of sp³-hybridized carbons (Fsp3) is 0.125. The van der Waals surface area contributed by atoms with Crippen LogP contribution in [-0.2, 0) is 0 Å². The molecule has 118 valence electrons. The van der Waals surface area contributed by atoms with Crippen LogP contribution in [0.15, 0.2) is 30.3 Å². The van der Waals surface area contributed by atoms with Crippen LogP contribution >= 0.6 is 23.2 Å². The SMILES string of the molecule is COc1ccc2c(c1OC)C(=O)N(c1ccc(Cl)c(Cl)c1)C2=O. The lowest BCUT2D eigenvalue weighted by atomic mass is 10.1. The van der Waals surface area contributed by atoms with Crippen molar-refractivity contribution in [1.82, 2.24) is 0 Å². The van der Waals surface area contributed by atoms with Crippen LogP contribution < -0.4 is 14.4 Å². The van der Waals surface area contributed by atoms with E-state index in [4.69, 9.17) is 32.7 Å². The second-order valence-corrected chi connectivity index (χ2v) is 5.58. The molecular formula is C16H11Cl2NO4. The molecule has 3 rings (SSSR count). The number of carbonyl (C=O) groups is 2. The molecule has 0 atom stereocenters. The molecule has 0 fully saturated rings. The summed E-state index contributed by atoms with van der Waals surface area (Å²) >= 11 is 11.9. The number of carbonyl (C=O) groups excluding carboxylic acids is 2. The van der Waals surface area contributed by atoms with Gasteiger partial charge >= 0.3 is 0 Å². The van der Waals surface area contributed by atoms with Crippen molar-refractivity contribution in [2.24, 2.45) is 0 Å². The minimum absolute atomic E-state index is 0.169. The van der Waals surface area contributed by atoms with Gasteiger partial charge in [0.05, 0.1) is 41.1 Å². The Morgan fingerprint density at radius 1 is 0.913 bits per heavy atom. The number of nitrogens with zero attached hydrogens (tertiary/aromatic N) is 1. The van der Waals surface area contributed by atoms with E-state index >= 15 is 0 Å². The maximum atomic E-state index is 12.7. The number of methoxy groups -OCH3 is 2. The highest BCUT2D eigenvalue weighted by Gasteiger charge is 2.40. The molecule has 23 heavy (non-hydrogen) atoms. The summed E-state index contributed by atoms with van der Waals surface area (Å²) in [6.45, 7) is 0. The molecule has 1 aliphatic rings. The van der Waals surface area contributed by atoms with Gasteiger partial charge in [-0.15, -0.1) is 0 Å². The Hall–Kier alpha value is -2.24. The summed E-state index contributed by atoms with van der Waals surface area (Å²) in [5.74, 6) is -0.349. The monoisotopic (exact) mass is 351 g/mol. The summed E-state index contributed by atoms with van der Waals surface area (Å²) in [6.07, 6.45) is 0. The molecule has 0 saturated heterocycles. The topological polar surface area (TPSA) is 55.8 Å². The number of fused-ring (bicyclic) bond motifs is 1. The molecule has 0 aliphatic carbocycles. The Balaban J connectivity index is 2.15. The maximum Gasteiger partial charge on any atom is 0.270 e. The molecule has 1 aliphatic heterocycles. The van der Waals surface area contributed by atoms with E-state index in [1.165, 1.54) is 32.4 Å². The molecule has 2 aromatic rings. The first-order chi connectivity index (χ1) is 11.0. The van der Waals surface area contributed by atoms with Crippen LogP contribution in [0, 0.1) is 0 Å². The highest BCUT2D eigenvalue weighted by Crippen LogP contribution is 2.40. The quantitative estimate of drug-likeness (QED) is 0.789. The molecular weight excluding hydrogens is 341 g/mol. The first kappa shape index (κ1) is 15.6. The van der Waals surface area contributed by atoms with Crippen molar-refractivity contribution >= 4 is 40.7 Å². The van der Waals surface area contributed by atoms with Gasteiger partial charge in [-0.1, -0.05) is 23.2 Å². The van der Waals surface area contributed by atoms with E-state index in [1.54, 1.807) is 12.1 Å². The van der Waals surface area contributed by atoms with Gasteiger partial charge in [0.2, 0.25) is 0 Å². The predicted molar refractivity (Wildman–Crippen MR) is 87.1 cm³/mol. The molecule has 0 bridgehead atoms. The van der Waals surface area contributed by atoms with Crippen LogP contribution in [0.3, 0.4) is 0 Å². The van der Waals surface area contributed by atoms with Crippen molar-refractivity contribution in [1.29, 1.82) is 0 Å². The summed E-state index contributed by atoms with van der Waals surface area (Å²) in [4.78, 5) is 26.4. The zero-order valence-corrected chi connectivity index (χ0v) is 13.7. The van der Waals surface area contributed by atoms with Gasteiger partial charge in [-0.2, -0.15) is 0 Å². The van der Waals surface area contributed by atoms with E-state index < -0.39 is 11.8 Å². The molecule has 2 amide bonds. The van der Waals surface area contributed by atoms with Crippen molar-refractivity contribution in [2.75, 3.05) is 19.1 Å². The molecule has 0 unspecified atom stereocenters. The third-order valence-corrected chi connectivity index (χ3v) is 4.30. The number of hydrogen-bond acceptors (Lipinski definition) is 4. The van der Waals surface area contributed by atoms with Gasteiger partial charge in [0.1, 0.15) is 0 Å². The van der Waals surface area contributed by atoms with E-state index in [-0.39, 0.29) is 21.9 Å². The molecule has 1 heterocycles. The summed E-state index contributed by atoms with van der Waals surface area (Å²) < 4.78 is 10.4. The van der Waals surface area contributed by atoms with E-state index in [1.807, 2.05) is 0 Å². The summed E-state index contributed by atoms with van der Waals surface area (Å²) in [5, 5.41) is 0.594.